The smallest absolute Gasteiger partial charge is 0.228 e. The molecule has 0 radical (unpaired) electrons. The highest BCUT2D eigenvalue weighted by Gasteiger charge is 2.14. The average Bonchev–Trinajstić information content (AvgIpc) is 3.06. The molecular formula is C19H21FN2O. The first-order valence-corrected chi connectivity index (χ1v) is 8.02. The van der Waals surface area contributed by atoms with Crippen LogP contribution in [0, 0.1) is 12.7 Å². The zero-order valence-electron chi connectivity index (χ0n) is 13.3. The van der Waals surface area contributed by atoms with Crippen molar-refractivity contribution in [1.29, 1.82) is 0 Å². The van der Waals surface area contributed by atoms with Crippen molar-refractivity contribution in [3.63, 3.8) is 0 Å². The summed E-state index contributed by atoms with van der Waals surface area (Å²) in [6.45, 7) is 4.18. The number of carbonyl (C=O) groups excluding carboxylic acids is 1. The number of rotatable bonds is 4. The molecule has 120 valence electrons. The summed E-state index contributed by atoms with van der Waals surface area (Å²) >= 11 is 0. The predicted octanol–water partition coefficient (Wildman–Crippen LogP) is 3.92. The van der Waals surface area contributed by atoms with Crippen molar-refractivity contribution in [3.8, 4) is 0 Å². The van der Waals surface area contributed by atoms with Crippen LogP contribution in [0.3, 0.4) is 0 Å². The molecule has 0 spiro atoms. The Morgan fingerprint density at radius 3 is 2.61 bits per heavy atom. The second-order valence-electron chi connectivity index (χ2n) is 6.01. The van der Waals surface area contributed by atoms with Gasteiger partial charge in [-0.3, -0.25) is 4.79 Å². The summed E-state index contributed by atoms with van der Waals surface area (Å²) in [5, 5.41) is 2.88. The van der Waals surface area contributed by atoms with Gasteiger partial charge in [0.1, 0.15) is 5.82 Å². The van der Waals surface area contributed by atoms with Gasteiger partial charge in [0.05, 0.1) is 6.42 Å². The van der Waals surface area contributed by atoms with Crippen molar-refractivity contribution in [2.75, 3.05) is 23.3 Å². The number of anilines is 2. The van der Waals surface area contributed by atoms with E-state index in [1.54, 1.807) is 18.2 Å². The van der Waals surface area contributed by atoms with Gasteiger partial charge in [-0.05, 0) is 55.2 Å². The molecule has 1 amide bonds. The summed E-state index contributed by atoms with van der Waals surface area (Å²) < 4.78 is 13.6. The highest BCUT2D eigenvalue weighted by atomic mass is 19.1. The van der Waals surface area contributed by atoms with Crippen LogP contribution in [0.4, 0.5) is 15.8 Å². The Bertz CT molecular complexity index is 708. The van der Waals surface area contributed by atoms with Gasteiger partial charge in [-0.25, -0.2) is 4.39 Å². The van der Waals surface area contributed by atoms with Gasteiger partial charge in [0.15, 0.2) is 0 Å². The van der Waals surface area contributed by atoms with E-state index >= 15 is 0 Å². The second kappa shape index (κ2) is 6.82. The molecule has 0 saturated carbocycles. The van der Waals surface area contributed by atoms with Crippen LogP contribution in [0.2, 0.25) is 0 Å². The molecule has 1 fully saturated rings. The third kappa shape index (κ3) is 3.70. The minimum absolute atomic E-state index is 0.0417. The Morgan fingerprint density at radius 2 is 1.91 bits per heavy atom. The van der Waals surface area contributed by atoms with Crippen LogP contribution in [0.1, 0.15) is 24.0 Å². The molecule has 0 atom stereocenters. The first-order valence-electron chi connectivity index (χ1n) is 8.02. The maximum absolute atomic E-state index is 13.6. The molecule has 0 aliphatic carbocycles. The molecule has 1 N–H and O–H groups in total. The van der Waals surface area contributed by atoms with Gasteiger partial charge in [0.25, 0.3) is 0 Å². The van der Waals surface area contributed by atoms with E-state index in [0.717, 1.165) is 24.3 Å². The molecule has 1 heterocycles. The zero-order chi connectivity index (χ0) is 16.2. The van der Waals surface area contributed by atoms with Gasteiger partial charge in [-0.1, -0.05) is 18.2 Å². The topological polar surface area (TPSA) is 32.3 Å². The van der Waals surface area contributed by atoms with Crippen LogP contribution >= 0.6 is 0 Å². The zero-order valence-corrected chi connectivity index (χ0v) is 13.3. The number of halogens is 1. The fourth-order valence-corrected chi connectivity index (χ4v) is 2.97. The van der Waals surface area contributed by atoms with Crippen molar-refractivity contribution >= 4 is 17.3 Å². The molecule has 2 aromatic carbocycles. The van der Waals surface area contributed by atoms with Crippen LogP contribution < -0.4 is 10.2 Å². The molecule has 0 aromatic heterocycles. The van der Waals surface area contributed by atoms with Gasteiger partial charge in [-0.2, -0.15) is 0 Å². The first kappa shape index (κ1) is 15.5. The number of aryl methyl sites for hydroxylation is 1. The monoisotopic (exact) mass is 312 g/mol. The normalized spacial score (nSPS) is 14.1. The summed E-state index contributed by atoms with van der Waals surface area (Å²) in [4.78, 5) is 14.5. The Kier molecular flexibility index (Phi) is 4.60. The van der Waals surface area contributed by atoms with E-state index in [1.165, 1.54) is 24.6 Å². The van der Waals surface area contributed by atoms with E-state index in [2.05, 4.69) is 16.3 Å². The number of benzene rings is 2. The van der Waals surface area contributed by atoms with Crippen molar-refractivity contribution in [2.45, 2.75) is 26.2 Å². The van der Waals surface area contributed by atoms with E-state index in [4.69, 9.17) is 0 Å². The van der Waals surface area contributed by atoms with E-state index in [0.29, 0.717) is 5.56 Å². The van der Waals surface area contributed by atoms with Crippen molar-refractivity contribution in [1.82, 2.24) is 0 Å². The molecule has 4 heteroatoms. The molecule has 2 aromatic rings. The van der Waals surface area contributed by atoms with Gasteiger partial charge in [0, 0.05) is 24.5 Å². The number of hydrogen-bond acceptors (Lipinski definition) is 2. The molecule has 23 heavy (non-hydrogen) atoms. The van der Waals surface area contributed by atoms with Crippen molar-refractivity contribution in [3.05, 3.63) is 59.4 Å². The van der Waals surface area contributed by atoms with Crippen molar-refractivity contribution < 1.29 is 9.18 Å². The Morgan fingerprint density at radius 1 is 1.17 bits per heavy atom. The fourth-order valence-electron chi connectivity index (χ4n) is 2.97. The van der Waals surface area contributed by atoms with Gasteiger partial charge in [-0.15, -0.1) is 0 Å². The van der Waals surface area contributed by atoms with Crippen molar-refractivity contribution in [2.24, 2.45) is 0 Å². The van der Waals surface area contributed by atoms with Gasteiger partial charge >= 0.3 is 0 Å². The number of carbonyl (C=O) groups is 1. The maximum atomic E-state index is 13.6. The molecule has 3 nitrogen and oxygen atoms in total. The molecule has 0 unspecified atom stereocenters. The van der Waals surface area contributed by atoms with E-state index in [1.807, 2.05) is 19.1 Å². The minimum Gasteiger partial charge on any atom is -0.372 e. The van der Waals surface area contributed by atoms with Gasteiger partial charge < -0.3 is 10.2 Å². The second-order valence-corrected chi connectivity index (χ2v) is 6.01. The Balaban J connectivity index is 1.67. The van der Waals surface area contributed by atoms with Gasteiger partial charge in [0.2, 0.25) is 5.91 Å². The Hall–Kier alpha value is -2.36. The standard InChI is InChI=1S/C19H21FN2O/c1-14-12-16(22-10-4-5-11-22)8-9-18(14)21-19(23)13-15-6-2-3-7-17(15)20/h2-3,6-9,12H,4-5,10-11,13H2,1H3,(H,21,23). The summed E-state index contributed by atoms with van der Waals surface area (Å²) in [5.74, 6) is -0.545. The quantitative estimate of drug-likeness (QED) is 0.928. The van der Waals surface area contributed by atoms with E-state index in [-0.39, 0.29) is 18.1 Å². The minimum atomic E-state index is -0.344. The SMILES string of the molecule is Cc1cc(N2CCCC2)ccc1NC(=O)Cc1ccccc1F. The lowest BCUT2D eigenvalue weighted by Crippen LogP contribution is -2.19. The highest BCUT2D eigenvalue weighted by Crippen LogP contribution is 2.25. The van der Waals surface area contributed by atoms with Crippen LogP contribution in [0.15, 0.2) is 42.5 Å². The average molecular weight is 312 g/mol. The third-order valence-electron chi connectivity index (χ3n) is 4.26. The predicted molar refractivity (Wildman–Crippen MR) is 91.4 cm³/mol. The lowest BCUT2D eigenvalue weighted by molar-refractivity contribution is -0.115. The molecule has 3 rings (SSSR count). The molecular weight excluding hydrogens is 291 g/mol. The van der Waals surface area contributed by atoms with Crippen LogP contribution in [-0.2, 0) is 11.2 Å². The summed E-state index contributed by atoms with van der Waals surface area (Å²) in [5.41, 5.74) is 3.43. The molecule has 1 saturated heterocycles. The third-order valence-corrected chi connectivity index (χ3v) is 4.26. The number of nitrogens with one attached hydrogen (secondary N) is 1. The number of nitrogens with zero attached hydrogens (tertiary/aromatic N) is 1. The molecule has 1 aliphatic heterocycles. The fraction of sp³-hybridized carbons (Fsp3) is 0.316. The lowest BCUT2D eigenvalue weighted by atomic mass is 10.1. The number of hydrogen-bond donors (Lipinski definition) is 1. The molecule has 0 bridgehead atoms. The summed E-state index contributed by atoms with van der Waals surface area (Å²) in [7, 11) is 0. The number of amides is 1. The van der Waals surface area contributed by atoms with E-state index < -0.39 is 0 Å². The first-order chi connectivity index (χ1) is 11.1. The lowest BCUT2D eigenvalue weighted by Gasteiger charge is -2.19. The van der Waals surface area contributed by atoms with Crippen LogP contribution in [0.25, 0.3) is 0 Å². The Labute approximate surface area is 136 Å². The highest BCUT2D eigenvalue weighted by molar-refractivity contribution is 5.93. The summed E-state index contributed by atoms with van der Waals surface area (Å²) in [6.07, 6.45) is 2.51. The largest absolute Gasteiger partial charge is 0.372 e. The maximum Gasteiger partial charge on any atom is 0.228 e. The summed E-state index contributed by atoms with van der Waals surface area (Å²) in [6, 6.07) is 12.4. The van der Waals surface area contributed by atoms with Crippen LogP contribution in [-0.4, -0.2) is 19.0 Å². The van der Waals surface area contributed by atoms with E-state index in [9.17, 15) is 9.18 Å². The van der Waals surface area contributed by atoms with Crippen LogP contribution in [0.5, 0.6) is 0 Å². The molecule has 1 aliphatic rings.